The van der Waals surface area contributed by atoms with Gasteiger partial charge in [0.1, 0.15) is 17.0 Å². The largest absolute Gasteiger partial charge is 0.497 e. The van der Waals surface area contributed by atoms with Crippen molar-refractivity contribution in [1.82, 2.24) is 0 Å². The van der Waals surface area contributed by atoms with Crippen molar-refractivity contribution in [1.29, 1.82) is 0 Å². The fraction of sp³-hybridized carbons (Fsp3) is 0.607. The van der Waals surface area contributed by atoms with E-state index in [0.717, 1.165) is 43.6 Å². The van der Waals surface area contributed by atoms with Crippen LogP contribution < -0.4 is 4.74 Å². The number of esters is 2. The summed E-state index contributed by atoms with van der Waals surface area (Å²) >= 11 is 0. The highest BCUT2D eigenvalue weighted by molar-refractivity contribution is 6.01. The van der Waals surface area contributed by atoms with Crippen molar-refractivity contribution >= 4 is 17.7 Å². The minimum atomic E-state index is -0.527. The van der Waals surface area contributed by atoms with Gasteiger partial charge in [-0.05, 0) is 82.6 Å². The summed E-state index contributed by atoms with van der Waals surface area (Å²) in [5.41, 5.74) is 2.03. The SMILES string of the molecule is COC(=O)C1=CC(CCCc2ccc(OC)cc2)C([C@@H]2C[C@@H](OC)CC2CC(=O)OC(C)(C)C)=N1. The summed E-state index contributed by atoms with van der Waals surface area (Å²) in [5, 5.41) is 0. The minimum Gasteiger partial charge on any atom is -0.497 e. The smallest absolute Gasteiger partial charge is 0.356 e. The van der Waals surface area contributed by atoms with E-state index < -0.39 is 11.6 Å². The van der Waals surface area contributed by atoms with Gasteiger partial charge in [-0.25, -0.2) is 9.79 Å². The summed E-state index contributed by atoms with van der Waals surface area (Å²) in [6.45, 7) is 5.63. The van der Waals surface area contributed by atoms with Gasteiger partial charge >= 0.3 is 11.9 Å². The first-order chi connectivity index (χ1) is 16.6. The molecule has 192 valence electrons. The number of hydrogen-bond donors (Lipinski definition) is 0. The molecule has 1 heterocycles. The Labute approximate surface area is 208 Å². The van der Waals surface area contributed by atoms with E-state index in [1.54, 1.807) is 14.2 Å². The van der Waals surface area contributed by atoms with Crippen LogP contribution in [-0.2, 0) is 30.2 Å². The van der Waals surface area contributed by atoms with Gasteiger partial charge in [-0.2, -0.15) is 0 Å². The van der Waals surface area contributed by atoms with Crippen LogP contribution >= 0.6 is 0 Å². The molecule has 0 aromatic heterocycles. The van der Waals surface area contributed by atoms with Gasteiger partial charge in [0.2, 0.25) is 0 Å². The van der Waals surface area contributed by atoms with Gasteiger partial charge in [0.05, 0.1) is 20.3 Å². The number of nitrogens with zero attached hydrogens (tertiary/aromatic N) is 1. The van der Waals surface area contributed by atoms with Gasteiger partial charge in [-0.1, -0.05) is 12.1 Å². The van der Waals surface area contributed by atoms with E-state index in [-0.39, 0.29) is 29.8 Å². The van der Waals surface area contributed by atoms with Crippen LogP contribution in [0.25, 0.3) is 0 Å². The second-order valence-corrected chi connectivity index (χ2v) is 10.4. The van der Waals surface area contributed by atoms with Crippen LogP contribution in [0.5, 0.6) is 5.75 Å². The Hall–Kier alpha value is -2.67. The molecule has 3 rings (SSSR count). The zero-order valence-corrected chi connectivity index (χ0v) is 21.8. The van der Waals surface area contributed by atoms with Crippen LogP contribution in [0.1, 0.15) is 58.4 Å². The molecule has 4 atom stereocenters. The number of methoxy groups -OCH3 is 3. The molecule has 1 aliphatic carbocycles. The molecule has 0 N–H and O–H groups in total. The molecule has 0 radical (unpaired) electrons. The lowest BCUT2D eigenvalue weighted by atomic mass is 9.81. The molecular weight excluding hydrogens is 446 g/mol. The average molecular weight is 486 g/mol. The summed E-state index contributed by atoms with van der Waals surface area (Å²) < 4.78 is 21.5. The van der Waals surface area contributed by atoms with Gasteiger partial charge in [0.25, 0.3) is 0 Å². The Morgan fingerprint density at radius 3 is 2.37 bits per heavy atom. The van der Waals surface area contributed by atoms with Crippen molar-refractivity contribution in [2.24, 2.45) is 22.7 Å². The average Bonchev–Trinajstić information content (AvgIpc) is 3.41. The molecule has 35 heavy (non-hydrogen) atoms. The van der Waals surface area contributed by atoms with Gasteiger partial charge < -0.3 is 18.9 Å². The normalized spacial score (nSPS) is 24.1. The van der Waals surface area contributed by atoms with Gasteiger partial charge in [0.15, 0.2) is 0 Å². The first kappa shape index (κ1) is 26.9. The van der Waals surface area contributed by atoms with Gasteiger partial charge in [0, 0.05) is 31.1 Å². The molecule has 1 fully saturated rings. The third-order valence-electron chi connectivity index (χ3n) is 6.74. The molecule has 0 amide bonds. The van der Waals surface area contributed by atoms with Crippen molar-refractivity contribution < 1.29 is 28.5 Å². The summed E-state index contributed by atoms with van der Waals surface area (Å²) in [6.07, 6.45) is 6.56. The Morgan fingerprint density at radius 2 is 1.77 bits per heavy atom. The molecule has 7 heteroatoms. The van der Waals surface area contributed by atoms with Crippen molar-refractivity contribution in [3.8, 4) is 5.75 Å². The number of benzene rings is 1. The number of carbonyl (C=O) groups excluding carboxylic acids is 2. The molecule has 1 aromatic carbocycles. The molecule has 0 bridgehead atoms. The van der Waals surface area contributed by atoms with Crippen LogP contribution in [0, 0.1) is 17.8 Å². The molecule has 1 saturated carbocycles. The minimum absolute atomic E-state index is 0.0316. The molecule has 1 aromatic rings. The predicted octanol–water partition coefficient (Wildman–Crippen LogP) is 4.92. The summed E-state index contributed by atoms with van der Waals surface area (Å²) in [6, 6.07) is 8.10. The van der Waals surface area contributed by atoms with Crippen molar-refractivity contribution in [2.75, 3.05) is 21.3 Å². The van der Waals surface area contributed by atoms with Crippen molar-refractivity contribution in [2.45, 2.75) is 71.0 Å². The Balaban J connectivity index is 1.74. The summed E-state index contributed by atoms with van der Waals surface area (Å²) in [7, 11) is 4.74. The summed E-state index contributed by atoms with van der Waals surface area (Å²) in [5.74, 6) is 0.351. The maximum absolute atomic E-state index is 12.6. The fourth-order valence-electron chi connectivity index (χ4n) is 5.11. The summed E-state index contributed by atoms with van der Waals surface area (Å²) in [4.78, 5) is 29.7. The van der Waals surface area contributed by atoms with Gasteiger partial charge in [-0.3, -0.25) is 4.79 Å². The third-order valence-corrected chi connectivity index (χ3v) is 6.74. The Bertz CT molecular complexity index is 943. The quantitative estimate of drug-likeness (QED) is 0.438. The topological polar surface area (TPSA) is 83.4 Å². The number of aliphatic imine (C=N–C) groups is 1. The number of aryl methyl sites for hydroxylation is 1. The number of allylic oxidation sites excluding steroid dienone is 1. The van der Waals surface area contributed by atoms with E-state index >= 15 is 0 Å². The lowest BCUT2D eigenvalue weighted by molar-refractivity contribution is -0.156. The lowest BCUT2D eigenvalue weighted by Gasteiger charge is -2.25. The first-order valence-electron chi connectivity index (χ1n) is 12.4. The number of hydrogen-bond acceptors (Lipinski definition) is 7. The molecule has 0 saturated heterocycles. The van der Waals surface area contributed by atoms with E-state index in [9.17, 15) is 9.59 Å². The van der Waals surface area contributed by atoms with E-state index in [1.165, 1.54) is 12.7 Å². The van der Waals surface area contributed by atoms with Crippen LogP contribution in [0.3, 0.4) is 0 Å². The van der Waals surface area contributed by atoms with Gasteiger partial charge in [-0.15, -0.1) is 0 Å². The highest BCUT2D eigenvalue weighted by Crippen LogP contribution is 2.42. The first-order valence-corrected chi connectivity index (χ1v) is 12.4. The number of ether oxygens (including phenoxy) is 4. The zero-order valence-electron chi connectivity index (χ0n) is 21.8. The van der Waals surface area contributed by atoms with Crippen LogP contribution in [0.15, 0.2) is 41.0 Å². The number of rotatable bonds is 10. The second kappa shape index (κ2) is 11.8. The molecule has 0 spiro atoms. The highest BCUT2D eigenvalue weighted by atomic mass is 16.6. The van der Waals surface area contributed by atoms with E-state index in [0.29, 0.717) is 12.1 Å². The highest BCUT2D eigenvalue weighted by Gasteiger charge is 2.42. The van der Waals surface area contributed by atoms with Crippen LogP contribution in [0.2, 0.25) is 0 Å². The molecule has 2 aliphatic rings. The molecule has 7 nitrogen and oxygen atoms in total. The standard InChI is InChI=1S/C28H39NO6/c1-28(2,3)35-25(30)16-20-14-22(33-5)17-23(20)26-19(15-24(29-26)27(31)34-6)9-7-8-18-10-12-21(32-4)13-11-18/h10-13,15,19-20,22-23H,7-9,14,16-17H2,1-6H3/t19?,20?,22-,23+/m0/s1. The third kappa shape index (κ3) is 7.40. The van der Waals surface area contributed by atoms with E-state index in [4.69, 9.17) is 23.9 Å². The molecule has 1 aliphatic heterocycles. The maximum Gasteiger partial charge on any atom is 0.356 e. The van der Waals surface area contributed by atoms with Crippen molar-refractivity contribution in [3.05, 3.63) is 41.6 Å². The zero-order chi connectivity index (χ0) is 25.6. The number of carbonyl (C=O) groups is 2. The van der Waals surface area contributed by atoms with E-state index in [1.807, 2.05) is 39.0 Å². The second-order valence-electron chi connectivity index (χ2n) is 10.4. The fourth-order valence-corrected chi connectivity index (χ4v) is 5.11. The van der Waals surface area contributed by atoms with Crippen LogP contribution in [-0.4, -0.2) is 50.7 Å². The lowest BCUT2D eigenvalue weighted by Crippen LogP contribution is -2.29. The Morgan fingerprint density at radius 1 is 1.06 bits per heavy atom. The van der Waals surface area contributed by atoms with Crippen molar-refractivity contribution in [3.63, 3.8) is 0 Å². The monoisotopic (exact) mass is 485 g/mol. The van der Waals surface area contributed by atoms with E-state index in [2.05, 4.69) is 12.1 Å². The Kier molecular flexibility index (Phi) is 9.11. The predicted molar refractivity (Wildman–Crippen MR) is 134 cm³/mol. The maximum atomic E-state index is 12.6. The molecular formula is C28H39NO6. The molecule has 2 unspecified atom stereocenters. The van der Waals surface area contributed by atoms with Crippen LogP contribution in [0.4, 0.5) is 0 Å².